The first-order chi connectivity index (χ1) is 13.9. The van der Waals surface area contributed by atoms with Gasteiger partial charge >= 0.3 is 5.69 Å². The van der Waals surface area contributed by atoms with Gasteiger partial charge in [-0.3, -0.25) is 13.9 Å². The van der Waals surface area contributed by atoms with Gasteiger partial charge in [-0.05, 0) is 31.4 Å². The average Bonchev–Trinajstić information content (AvgIpc) is 2.95. The summed E-state index contributed by atoms with van der Waals surface area (Å²) in [5.74, 6) is -0.664. The van der Waals surface area contributed by atoms with Crippen LogP contribution in [0.2, 0.25) is 0 Å². The number of amides is 1. The highest BCUT2D eigenvalue weighted by Crippen LogP contribution is 2.28. The zero-order chi connectivity index (χ0) is 20.7. The Bertz CT molecular complexity index is 1160. The number of fused-ring (bicyclic) bond motifs is 1. The fourth-order valence-electron chi connectivity index (χ4n) is 3.62. The molecule has 10 nitrogen and oxygen atoms in total. The van der Waals surface area contributed by atoms with Crippen LogP contribution in [0.15, 0.2) is 23.1 Å². The van der Waals surface area contributed by atoms with Crippen molar-refractivity contribution in [3.05, 3.63) is 39.9 Å². The summed E-state index contributed by atoms with van der Waals surface area (Å²) in [6.45, 7) is 2.98. The molecule has 29 heavy (non-hydrogen) atoms. The third-order valence-corrected chi connectivity index (χ3v) is 5.24. The van der Waals surface area contributed by atoms with Crippen LogP contribution < -0.4 is 16.7 Å². The number of aromatic nitrogens is 4. The van der Waals surface area contributed by atoms with E-state index >= 15 is 0 Å². The third kappa shape index (κ3) is 3.31. The molecule has 0 unspecified atom stereocenters. The first-order valence-corrected chi connectivity index (χ1v) is 9.29. The summed E-state index contributed by atoms with van der Waals surface area (Å²) in [6, 6.07) is 2.92. The Kier molecular flexibility index (Phi) is 4.71. The number of carbonyl (C=O) groups excluding carboxylic acids is 1. The Morgan fingerprint density at radius 2 is 2.07 bits per heavy atom. The molecule has 0 atom stereocenters. The molecule has 0 radical (unpaired) electrons. The number of imidazole rings is 1. The monoisotopic (exact) mass is 398 g/mol. The van der Waals surface area contributed by atoms with Gasteiger partial charge in [0, 0.05) is 38.1 Å². The lowest BCUT2D eigenvalue weighted by Crippen LogP contribution is -2.30. The summed E-state index contributed by atoms with van der Waals surface area (Å²) in [5, 5.41) is 13.1. The lowest BCUT2D eigenvalue weighted by molar-refractivity contribution is 0.0695. The van der Waals surface area contributed by atoms with Gasteiger partial charge in [-0.15, -0.1) is 0 Å². The maximum atomic E-state index is 12.8. The number of anilines is 2. The zero-order valence-electron chi connectivity index (χ0n) is 16.2. The van der Waals surface area contributed by atoms with Crippen molar-refractivity contribution in [2.75, 3.05) is 18.5 Å². The number of hydrogen-bond acceptors (Lipinski definition) is 7. The molecule has 0 aliphatic carbocycles. The number of aromatic hydroxyl groups is 1. The zero-order valence-corrected chi connectivity index (χ0v) is 16.2. The van der Waals surface area contributed by atoms with E-state index in [1.807, 2.05) is 0 Å². The molecule has 2 aromatic heterocycles. The van der Waals surface area contributed by atoms with Crippen molar-refractivity contribution in [1.82, 2.24) is 19.1 Å². The molecule has 1 aliphatic heterocycles. The van der Waals surface area contributed by atoms with Gasteiger partial charge in [0.25, 0.3) is 5.91 Å². The number of rotatable bonds is 4. The Morgan fingerprint density at radius 3 is 2.76 bits per heavy atom. The second-order valence-corrected chi connectivity index (χ2v) is 7.13. The molecule has 1 aliphatic rings. The van der Waals surface area contributed by atoms with Gasteiger partial charge in [0.05, 0.1) is 11.8 Å². The highest BCUT2D eigenvalue weighted by Gasteiger charge is 2.23. The van der Waals surface area contributed by atoms with Crippen molar-refractivity contribution in [2.24, 2.45) is 12.8 Å². The molecule has 3 heterocycles. The normalized spacial score (nSPS) is 15.0. The summed E-state index contributed by atoms with van der Waals surface area (Å²) in [6.07, 6.45) is 3.08. The second kappa shape index (κ2) is 7.21. The van der Waals surface area contributed by atoms with E-state index in [4.69, 9.17) is 10.5 Å². The second-order valence-electron chi connectivity index (χ2n) is 7.13. The van der Waals surface area contributed by atoms with Gasteiger partial charge in [0.15, 0.2) is 5.65 Å². The topological polar surface area (TPSA) is 137 Å². The molecule has 152 valence electrons. The van der Waals surface area contributed by atoms with Gasteiger partial charge in [0.2, 0.25) is 5.95 Å². The molecule has 10 heteroatoms. The van der Waals surface area contributed by atoms with Gasteiger partial charge in [-0.1, -0.05) is 0 Å². The fourth-order valence-corrected chi connectivity index (χ4v) is 3.62. The highest BCUT2D eigenvalue weighted by molar-refractivity contribution is 5.96. The molecule has 1 fully saturated rings. The summed E-state index contributed by atoms with van der Waals surface area (Å²) in [4.78, 5) is 33.0. The molecule has 4 rings (SSSR count). The predicted octanol–water partition coefficient (Wildman–Crippen LogP) is 1.34. The van der Waals surface area contributed by atoms with E-state index in [0.29, 0.717) is 35.6 Å². The maximum Gasteiger partial charge on any atom is 0.330 e. The van der Waals surface area contributed by atoms with Crippen LogP contribution in [0.25, 0.3) is 11.2 Å². The minimum atomic E-state index is -0.709. The van der Waals surface area contributed by atoms with E-state index in [1.54, 1.807) is 24.7 Å². The van der Waals surface area contributed by atoms with Crippen molar-refractivity contribution in [1.29, 1.82) is 0 Å². The summed E-state index contributed by atoms with van der Waals surface area (Å²) in [7, 11) is 1.70. The largest absolute Gasteiger partial charge is 0.507 e. The molecular formula is C19H22N6O4. The summed E-state index contributed by atoms with van der Waals surface area (Å²) in [5.41, 5.74) is 7.56. The quantitative estimate of drug-likeness (QED) is 0.603. The molecular weight excluding hydrogens is 376 g/mol. The van der Waals surface area contributed by atoms with Crippen LogP contribution in [0, 0.1) is 6.92 Å². The van der Waals surface area contributed by atoms with Crippen LogP contribution in [0.1, 0.15) is 34.8 Å². The number of nitrogens with one attached hydrogen (secondary N) is 1. The van der Waals surface area contributed by atoms with E-state index in [9.17, 15) is 14.7 Å². The molecule has 0 saturated carbocycles. The summed E-state index contributed by atoms with van der Waals surface area (Å²) < 4.78 is 8.64. The number of nitrogens with zero attached hydrogens (tertiary/aromatic N) is 4. The third-order valence-electron chi connectivity index (χ3n) is 5.24. The molecule has 3 aromatic rings. The first kappa shape index (κ1) is 18.9. The predicted molar refractivity (Wildman–Crippen MR) is 107 cm³/mol. The van der Waals surface area contributed by atoms with E-state index in [1.165, 1.54) is 16.7 Å². The fraction of sp³-hybridized carbons (Fsp3) is 0.368. The first-order valence-electron chi connectivity index (χ1n) is 9.29. The van der Waals surface area contributed by atoms with Crippen molar-refractivity contribution >= 4 is 28.7 Å². The van der Waals surface area contributed by atoms with Crippen molar-refractivity contribution in [3.63, 3.8) is 0 Å². The van der Waals surface area contributed by atoms with Crippen LogP contribution in [-0.2, 0) is 11.8 Å². The number of phenols is 1. The van der Waals surface area contributed by atoms with Crippen LogP contribution in [0.3, 0.4) is 0 Å². The number of primary amides is 1. The minimum absolute atomic E-state index is 0.0170. The lowest BCUT2D eigenvalue weighted by atomic mass is 10.1. The molecule has 0 spiro atoms. The van der Waals surface area contributed by atoms with E-state index in [0.717, 1.165) is 12.8 Å². The van der Waals surface area contributed by atoms with Crippen LogP contribution in [0.4, 0.5) is 11.6 Å². The number of ether oxygens (including phenoxy) is 1. The number of hydrogen-bond donors (Lipinski definition) is 3. The van der Waals surface area contributed by atoms with Gasteiger partial charge in [-0.2, -0.15) is 4.98 Å². The summed E-state index contributed by atoms with van der Waals surface area (Å²) >= 11 is 0. The molecule has 1 amide bonds. The van der Waals surface area contributed by atoms with Gasteiger partial charge in [-0.25, -0.2) is 9.78 Å². The van der Waals surface area contributed by atoms with Crippen LogP contribution in [-0.4, -0.2) is 43.3 Å². The van der Waals surface area contributed by atoms with Gasteiger partial charge < -0.3 is 20.9 Å². The molecule has 1 saturated heterocycles. The number of nitrogens with two attached hydrogens (primary N) is 1. The minimum Gasteiger partial charge on any atom is -0.507 e. The van der Waals surface area contributed by atoms with Crippen molar-refractivity contribution < 1.29 is 14.6 Å². The Labute approximate surface area is 165 Å². The Balaban J connectivity index is 1.75. The molecule has 4 N–H and O–H groups in total. The standard InChI is InChI=1S/C19H22N6O4/c1-10-7-12(16(20)27)15(26)8-13(10)22-18-21-9-14-17(23-18)25(19(28)24(14)2)11-3-5-29-6-4-11/h7-9,11,26H,3-6H2,1-2H3,(H2,20,27)(H,21,22,23). The number of carbonyl (C=O) groups is 1. The lowest BCUT2D eigenvalue weighted by Gasteiger charge is -2.22. The average molecular weight is 398 g/mol. The Hall–Kier alpha value is -3.40. The van der Waals surface area contributed by atoms with Crippen LogP contribution in [0.5, 0.6) is 5.75 Å². The molecule has 1 aromatic carbocycles. The van der Waals surface area contributed by atoms with Crippen molar-refractivity contribution in [2.45, 2.75) is 25.8 Å². The SMILES string of the molecule is Cc1cc(C(N)=O)c(O)cc1Nc1ncc2c(n1)n(C1CCOCC1)c(=O)n2C. The van der Waals surface area contributed by atoms with Gasteiger partial charge in [0.1, 0.15) is 11.3 Å². The Morgan fingerprint density at radius 1 is 1.34 bits per heavy atom. The van der Waals surface area contributed by atoms with E-state index in [-0.39, 0.29) is 29.0 Å². The van der Waals surface area contributed by atoms with Crippen molar-refractivity contribution in [3.8, 4) is 5.75 Å². The highest BCUT2D eigenvalue weighted by atomic mass is 16.5. The number of benzene rings is 1. The van der Waals surface area contributed by atoms with E-state index in [2.05, 4.69) is 15.3 Å². The molecule has 0 bridgehead atoms. The number of aryl methyl sites for hydroxylation is 2. The maximum absolute atomic E-state index is 12.8. The van der Waals surface area contributed by atoms with E-state index < -0.39 is 5.91 Å². The van der Waals surface area contributed by atoms with Crippen LogP contribution >= 0.6 is 0 Å². The smallest absolute Gasteiger partial charge is 0.330 e.